The minimum atomic E-state index is -0.491. The lowest BCUT2D eigenvalue weighted by atomic mass is 10.3. The van der Waals surface area contributed by atoms with Gasteiger partial charge >= 0.3 is 6.03 Å². The van der Waals surface area contributed by atoms with Crippen molar-refractivity contribution in [2.24, 2.45) is 0 Å². The van der Waals surface area contributed by atoms with Crippen LogP contribution < -0.4 is 10.6 Å². The normalized spacial score (nSPS) is 9.71. The van der Waals surface area contributed by atoms with E-state index in [2.05, 4.69) is 20.6 Å². The lowest BCUT2D eigenvalue weighted by Crippen LogP contribution is -2.20. The molecule has 0 aliphatic carbocycles. The third-order valence-corrected chi connectivity index (χ3v) is 1.91. The molecule has 0 atom stereocenters. The van der Waals surface area contributed by atoms with Gasteiger partial charge in [0.1, 0.15) is 18.0 Å². The Morgan fingerprint density at radius 1 is 1.24 bits per heavy atom. The molecule has 0 radical (unpaired) electrons. The lowest BCUT2D eigenvalue weighted by Gasteiger charge is -2.06. The summed E-state index contributed by atoms with van der Waals surface area (Å²) in [6.07, 6.45) is 2.82. The van der Waals surface area contributed by atoms with Gasteiger partial charge in [-0.25, -0.2) is 19.2 Å². The van der Waals surface area contributed by atoms with Crippen LogP contribution in [-0.2, 0) is 0 Å². The van der Waals surface area contributed by atoms with E-state index in [1.807, 2.05) is 0 Å². The maximum absolute atomic E-state index is 12.9. The molecule has 2 aromatic rings. The summed E-state index contributed by atoms with van der Waals surface area (Å²) in [6.45, 7) is 0. The van der Waals surface area contributed by atoms with E-state index in [1.165, 1.54) is 30.7 Å². The van der Waals surface area contributed by atoms with Crippen molar-refractivity contribution in [3.05, 3.63) is 48.7 Å². The van der Waals surface area contributed by atoms with Crippen LogP contribution in [0.2, 0.25) is 0 Å². The highest BCUT2D eigenvalue weighted by atomic mass is 19.1. The first-order valence-corrected chi connectivity index (χ1v) is 4.83. The number of carbonyl (C=O) groups excluding carboxylic acids is 1. The van der Waals surface area contributed by atoms with E-state index < -0.39 is 11.8 Å². The highest BCUT2D eigenvalue weighted by Gasteiger charge is 2.03. The first kappa shape index (κ1) is 11.0. The zero-order valence-electron chi connectivity index (χ0n) is 8.72. The highest BCUT2D eigenvalue weighted by Crippen LogP contribution is 2.09. The van der Waals surface area contributed by atoms with E-state index >= 15 is 0 Å². The molecule has 0 saturated carbocycles. The topological polar surface area (TPSA) is 66.9 Å². The Labute approximate surface area is 96.7 Å². The average molecular weight is 232 g/mol. The van der Waals surface area contributed by atoms with E-state index in [4.69, 9.17) is 0 Å². The maximum atomic E-state index is 12.9. The fourth-order valence-corrected chi connectivity index (χ4v) is 1.21. The number of amides is 2. The van der Waals surface area contributed by atoms with E-state index in [-0.39, 0.29) is 0 Å². The summed E-state index contributed by atoms with van der Waals surface area (Å²) in [5, 5.41) is 4.97. The van der Waals surface area contributed by atoms with E-state index in [9.17, 15) is 9.18 Å². The smallest absolute Gasteiger partial charge is 0.308 e. The molecule has 1 aromatic heterocycles. The largest absolute Gasteiger partial charge is 0.324 e. The number of nitrogens with one attached hydrogen (secondary N) is 2. The Morgan fingerprint density at radius 3 is 2.82 bits per heavy atom. The summed E-state index contributed by atoms with van der Waals surface area (Å²) in [4.78, 5) is 19.0. The second kappa shape index (κ2) is 5.02. The SMILES string of the molecule is O=C(Nc1cccc(F)c1)Nc1ccncn1. The first-order chi connectivity index (χ1) is 8.24. The van der Waals surface area contributed by atoms with Gasteiger partial charge in [0, 0.05) is 11.9 Å². The molecular formula is C11H9FN4O. The Bertz CT molecular complexity index is 518. The van der Waals surface area contributed by atoms with Gasteiger partial charge in [-0.15, -0.1) is 0 Å². The fraction of sp³-hybridized carbons (Fsp3) is 0. The molecule has 17 heavy (non-hydrogen) atoms. The molecule has 0 unspecified atom stereocenters. The van der Waals surface area contributed by atoms with E-state index in [0.717, 1.165) is 0 Å². The number of urea groups is 1. The molecule has 2 amide bonds. The number of benzene rings is 1. The lowest BCUT2D eigenvalue weighted by molar-refractivity contribution is 0.262. The Balaban J connectivity index is 1.98. The maximum Gasteiger partial charge on any atom is 0.324 e. The van der Waals surface area contributed by atoms with Crippen molar-refractivity contribution in [2.75, 3.05) is 10.6 Å². The Morgan fingerprint density at radius 2 is 2.12 bits per heavy atom. The second-order valence-corrected chi connectivity index (χ2v) is 3.18. The summed E-state index contributed by atoms with van der Waals surface area (Å²) in [5.41, 5.74) is 0.372. The molecule has 1 aromatic carbocycles. The summed E-state index contributed by atoms with van der Waals surface area (Å²) in [7, 11) is 0. The van der Waals surface area contributed by atoms with Crippen molar-refractivity contribution >= 4 is 17.5 Å². The molecule has 0 saturated heterocycles. The number of carbonyl (C=O) groups is 1. The van der Waals surface area contributed by atoms with Gasteiger partial charge in [0.15, 0.2) is 0 Å². The third-order valence-electron chi connectivity index (χ3n) is 1.91. The van der Waals surface area contributed by atoms with Crippen LogP contribution in [0.15, 0.2) is 42.9 Å². The molecule has 1 heterocycles. The summed E-state index contributed by atoms with van der Waals surface area (Å²) >= 11 is 0. The Kier molecular flexibility index (Phi) is 3.25. The van der Waals surface area contributed by atoms with Crippen molar-refractivity contribution in [1.82, 2.24) is 9.97 Å². The Hall–Kier alpha value is -2.50. The third kappa shape index (κ3) is 3.23. The molecule has 2 rings (SSSR count). The zero-order valence-corrected chi connectivity index (χ0v) is 8.72. The molecule has 0 spiro atoms. The molecule has 2 N–H and O–H groups in total. The van der Waals surface area contributed by atoms with Gasteiger partial charge in [-0.1, -0.05) is 6.07 Å². The van der Waals surface area contributed by atoms with Crippen molar-refractivity contribution in [3.63, 3.8) is 0 Å². The number of nitrogens with zero attached hydrogens (tertiary/aromatic N) is 2. The van der Waals surface area contributed by atoms with Crippen LogP contribution in [0.25, 0.3) is 0 Å². The quantitative estimate of drug-likeness (QED) is 0.834. The molecule has 5 nitrogen and oxygen atoms in total. The van der Waals surface area contributed by atoms with Crippen LogP contribution in [-0.4, -0.2) is 16.0 Å². The highest BCUT2D eigenvalue weighted by molar-refractivity contribution is 5.99. The number of rotatable bonds is 2. The van der Waals surface area contributed by atoms with E-state index in [1.54, 1.807) is 12.1 Å². The molecule has 0 aliphatic rings. The molecule has 0 fully saturated rings. The predicted molar refractivity (Wildman–Crippen MR) is 61.1 cm³/mol. The standard InChI is InChI=1S/C11H9FN4O/c12-8-2-1-3-9(6-8)15-11(17)16-10-4-5-13-7-14-10/h1-7H,(H2,13,14,15,16,17). The molecule has 0 aliphatic heterocycles. The summed E-state index contributed by atoms with van der Waals surface area (Å²) in [5.74, 6) is -0.0428. The van der Waals surface area contributed by atoms with Gasteiger partial charge in [0.05, 0.1) is 0 Å². The number of halogens is 1. The monoisotopic (exact) mass is 232 g/mol. The number of aromatic nitrogens is 2. The summed E-state index contributed by atoms with van der Waals surface area (Å²) < 4.78 is 12.9. The van der Waals surface area contributed by atoms with Crippen LogP contribution in [0.3, 0.4) is 0 Å². The van der Waals surface area contributed by atoms with Crippen LogP contribution in [0.5, 0.6) is 0 Å². The zero-order chi connectivity index (χ0) is 12.1. The van der Waals surface area contributed by atoms with Gasteiger partial charge in [-0.2, -0.15) is 0 Å². The number of hydrogen-bond donors (Lipinski definition) is 2. The van der Waals surface area contributed by atoms with Crippen LogP contribution in [0.1, 0.15) is 0 Å². The van der Waals surface area contributed by atoms with Crippen molar-refractivity contribution in [2.45, 2.75) is 0 Å². The van der Waals surface area contributed by atoms with Gasteiger partial charge in [-0.05, 0) is 24.3 Å². The minimum Gasteiger partial charge on any atom is -0.308 e. The van der Waals surface area contributed by atoms with Crippen LogP contribution >= 0.6 is 0 Å². The molecular weight excluding hydrogens is 223 g/mol. The van der Waals surface area contributed by atoms with Gasteiger partial charge in [0.25, 0.3) is 0 Å². The predicted octanol–water partition coefficient (Wildman–Crippen LogP) is 2.26. The molecule has 0 bridgehead atoms. The fourth-order valence-electron chi connectivity index (χ4n) is 1.21. The van der Waals surface area contributed by atoms with Crippen molar-refractivity contribution in [3.8, 4) is 0 Å². The number of anilines is 2. The van der Waals surface area contributed by atoms with Crippen LogP contribution in [0.4, 0.5) is 20.7 Å². The van der Waals surface area contributed by atoms with Crippen molar-refractivity contribution < 1.29 is 9.18 Å². The van der Waals surface area contributed by atoms with Crippen LogP contribution in [0, 0.1) is 5.82 Å². The van der Waals surface area contributed by atoms with Crippen molar-refractivity contribution in [1.29, 1.82) is 0 Å². The molecule has 86 valence electrons. The average Bonchev–Trinajstić information content (AvgIpc) is 2.30. The number of hydrogen-bond acceptors (Lipinski definition) is 3. The van der Waals surface area contributed by atoms with E-state index in [0.29, 0.717) is 11.5 Å². The summed E-state index contributed by atoms with van der Waals surface area (Å²) in [6, 6.07) is 6.67. The molecule has 6 heteroatoms. The van der Waals surface area contributed by atoms with Gasteiger partial charge in [-0.3, -0.25) is 5.32 Å². The first-order valence-electron chi connectivity index (χ1n) is 4.83. The minimum absolute atomic E-state index is 0.369. The second-order valence-electron chi connectivity index (χ2n) is 3.18. The van der Waals surface area contributed by atoms with Gasteiger partial charge in [0.2, 0.25) is 0 Å². The van der Waals surface area contributed by atoms with Gasteiger partial charge < -0.3 is 5.32 Å².